The highest BCUT2D eigenvalue weighted by molar-refractivity contribution is 4.72. The predicted molar refractivity (Wildman–Crippen MR) is 49.8 cm³/mol. The fourth-order valence-corrected chi connectivity index (χ4v) is 1.25. The Morgan fingerprint density at radius 1 is 1.18 bits per heavy atom. The Hall–Kier alpha value is -0.0400. The van der Waals surface area contributed by atoms with Gasteiger partial charge in [-0.3, -0.25) is 0 Å². The van der Waals surface area contributed by atoms with Crippen molar-refractivity contribution >= 4 is 0 Å². The molecule has 0 aliphatic heterocycles. The van der Waals surface area contributed by atoms with Crippen LogP contribution in [0.2, 0.25) is 0 Å². The molecular formula is C10H22O. The summed E-state index contributed by atoms with van der Waals surface area (Å²) in [6, 6.07) is 0. The number of hydrogen-bond donors (Lipinski definition) is 0. The average Bonchev–Trinajstić information content (AvgIpc) is 2.02. The standard InChI is InChI=1S/C10H22O/c1-5-8-9-10(4,6-2)11-7-3/h5-9H2,1-4H3. The first kappa shape index (κ1) is 11.0. The van der Waals surface area contributed by atoms with Gasteiger partial charge in [0.15, 0.2) is 0 Å². The summed E-state index contributed by atoms with van der Waals surface area (Å²) >= 11 is 0. The van der Waals surface area contributed by atoms with Crippen molar-refractivity contribution in [1.29, 1.82) is 0 Å². The van der Waals surface area contributed by atoms with Crippen LogP contribution in [0.4, 0.5) is 0 Å². The third kappa shape index (κ3) is 4.41. The maximum atomic E-state index is 5.68. The SMILES string of the molecule is CCCCC(C)(CC)OCC. The zero-order valence-corrected chi connectivity index (χ0v) is 8.44. The number of ether oxygens (including phenoxy) is 1. The van der Waals surface area contributed by atoms with E-state index in [-0.39, 0.29) is 5.60 Å². The van der Waals surface area contributed by atoms with E-state index in [0.717, 1.165) is 13.0 Å². The Labute approximate surface area is 71.1 Å². The zero-order valence-electron chi connectivity index (χ0n) is 8.44. The fraction of sp³-hybridized carbons (Fsp3) is 1.00. The van der Waals surface area contributed by atoms with Gasteiger partial charge in [-0.25, -0.2) is 0 Å². The van der Waals surface area contributed by atoms with Crippen molar-refractivity contribution in [2.75, 3.05) is 6.61 Å². The van der Waals surface area contributed by atoms with E-state index in [1.54, 1.807) is 0 Å². The Kier molecular flexibility index (Phi) is 5.57. The summed E-state index contributed by atoms with van der Waals surface area (Å²) in [6.45, 7) is 9.55. The lowest BCUT2D eigenvalue weighted by Crippen LogP contribution is -2.27. The van der Waals surface area contributed by atoms with E-state index in [1.807, 2.05) is 0 Å². The lowest BCUT2D eigenvalue weighted by atomic mass is 9.96. The molecule has 1 atom stereocenters. The van der Waals surface area contributed by atoms with Gasteiger partial charge in [-0.15, -0.1) is 0 Å². The second kappa shape index (κ2) is 5.59. The summed E-state index contributed by atoms with van der Waals surface area (Å²) in [4.78, 5) is 0. The molecule has 0 aromatic carbocycles. The maximum Gasteiger partial charge on any atom is 0.0651 e. The lowest BCUT2D eigenvalue weighted by molar-refractivity contribution is -0.0350. The smallest absolute Gasteiger partial charge is 0.0651 e. The number of rotatable bonds is 6. The van der Waals surface area contributed by atoms with E-state index in [4.69, 9.17) is 4.74 Å². The van der Waals surface area contributed by atoms with Crippen molar-refractivity contribution in [2.45, 2.75) is 59.0 Å². The van der Waals surface area contributed by atoms with Gasteiger partial charge >= 0.3 is 0 Å². The third-order valence-electron chi connectivity index (χ3n) is 2.30. The largest absolute Gasteiger partial charge is 0.376 e. The van der Waals surface area contributed by atoms with Crippen LogP contribution in [0, 0.1) is 0 Å². The van der Waals surface area contributed by atoms with Gasteiger partial charge in [-0.05, 0) is 26.7 Å². The summed E-state index contributed by atoms with van der Waals surface area (Å²) in [5.41, 5.74) is 0.144. The van der Waals surface area contributed by atoms with E-state index < -0.39 is 0 Å². The Morgan fingerprint density at radius 2 is 1.82 bits per heavy atom. The first-order chi connectivity index (χ1) is 5.18. The Balaban J connectivity index is 3.68. The van der Waals surface area contributed by atoms with E-state index in [1.165, 1.54) is 19.3 Å². The van der Waals surface area contributed by atoms with Crippen molar-refractivity contribution in [1.82, 2.24) is 0 Å². The molecule has 11 heavy (non-hydrogen) atoms. The minimum absolute atomic E-state index is 0.144. The summed E-state index contributed by atoms with van der Waals surface area (Å²) in [7, 11) is 0. The first-order valence-corrected chi connectivity index (χ1v) is 4.82. The normalized spacial score (nSPS) is 16.4. The highest BCUT2D eigenvalue weighted by Crippen LogP contribution is 2.22. The van der Waals surface area contributed by atoms with E-state index in [0.29, 0.717) is 0 Å². The van der Waals surface area contributed by atoms with Crippen LogP contribution in [0.3, 0.4) is 0 Å². The van der Waals surface area contributed by atoms with E-state index in [9.17, 15) is 0 Å². The summed E-state index contributed by atoms with van der Waals surface area (Å²) in [6.07, 6.45) is 4.88. The molecule has 0 rings (SSSR count). The van der Waals surface area contributed by atoms with Crippen LogP contribution in [0.5, 0.6) is 0 Å². The zero-order chi connectivity index (χ0) is 8.74. The molecule has 1 unspecified atom stereocenters. The second-order valence-corrected chi connectivity index (χ2v) is 3.34. The van der Waals surface area contributed by atoms with Crippen LogP contribution >= 0.6 is 0 Å². The summed E-state index contributed by atoms with van der Waals surface area (Å²) < 4.78 is 5.68. The summed E-state index contributed by atoms with van der Waals surface area (Å²) in [5, 5.41) is 0. The fourth-order valence-electron chi connectivity index (χ4n) is 1.25. The van der Waals surface area contributed by atoms with Gasteiger partial charge in [0.1, 0.15) is 0 Å². The lowest BCUT2D eigenvalue weighted by Gasteiger charge is -2.27. The van der Waals surface area contributed by atoms with Gasteiger partial charge in [-0.1, -0.05) is 26.7 Å². The van der Waals surface area contributed by atoms with Gasteiger partial charge in [0.25, 0.3) is 0 Å². The molecule has 0 aliphatic rings. The number of unbranched alkanes of at least 4 members (excludes halogenated alkanes) is 1. The minimum atomic E-state index is 0.144. The molecule has 0 saturated carbocycles. The molecule has 0 bridgehead atoms. The van der Waals surface area contributed by atoms with Gasteiger partial charge in [-0.2, -0.15) is 0 Å². The molecule has 68 valence electrons. The van der Waals surface area contributed by atoms with Crippen LogP contribution in [0.1, 0.15) is 53.4 Å². The van der Waals surface area contributed by atoms with Crippen LogP contribution < -0.4 is 0 Å². The second-order valence-electron chi connectivity index (χ2n) is 3.34. The maximum absolute atomic E-state index is 5.68. The van der Waals surface area contributed by atoms with Gasteiger partial charge in [0.2, 0.25) is 0 Å². The van der Waals surface area contributed by atoms with Crippen LogP contribution in [0.25, 0.3) is 0 Å². The van der Waals surface area contributed by atoms with Crippen molar-refractivity contribution in [3.8, 4) is 0 Å². The predicted octanol–water partition coefficient (Wildman–Crippen LogP) is 3.38. The van der Waals surface area contributed by atoms with Crippen LogP contribution in [-0.2, 0) is 4.74 Å². The van der Waals surface area contributed by atoms with Crippen LogP contribution in [-0.4, -0.2) is 12.2 Å². The highest BCUT2D eigenvalue weighted by atomic mass is 16.5. The molecule has 0 radical (unpaired) electrons. The summed E-state index contributed by atoms with van der Waals surface area (Å²) in [5.74, 6) is 0. The van der Waals surface area contributed by atoms with Crippen molar-refractivity contribution in [3.63, 3.8) is 0 Å². The molecule has 0 heterocycles. The molecule has 0 fully saturated rings. The van der Waals surface area contributed by atoms with E-state index >= 15 is 0 Å². The molecule has 0 amide bonds. The average molecular weight is 158 g/mol. The molecule has 1 heteroatoms. The third-order valence-corrected chi connectivity index (χ3v) is 2.30. The molecule has 1 nitrogen and oxygen atoms in total. The van der Waals surface area contributed by atoms with Crippen molar-refractivity contribution < 1.29 is 4.74 Å². The number of hydrogen-bond acceptors (Lipinski definition) is 1. The molecular weight excluding hydrogens is 136 g/mol. The first-order valence-electron chi connectivity index (χ1n) is 4.82. The molecule has 0 spiro atoms. The Morgan fingerprint density at radius 3 is 2.18 bits per heavy atom. The monoisotopic (exact) mass is 158 g/mol. The van der Waals surface area contributed by atoms with Crippen molar-refractivity contribution in [2.24, 2.45) is 0 Å². The van der Waals surface area contributed by atoms with Gasteiger partial charge in [0, 0.05) is 6.61 Å². The van der Waals surface area contributed by atoms with Gasteiger partial charge in [0.05, 0.1) is 5.60 Å². The topological polar surface area (TPSA) is 9.23 Å². The van der Waals surface area contributed by atoms with E-state index in [2.05, 4.69) is 27.7 Å². The highest BCUT2D eigenvalue weighted by Gasteiger charge is 2.20. The molecule has 0 aromatic rings. The Bertz CT molecular complexity index is 90.9. The van der Waals surface area contributed by atoms with Crippen molar-refractivity contribution in [3.05, 3.63) is 0 Å². The molecule has 0 saturated heterocycles. The quantitative estimate of drug-likeness (QED) is 0.576. The van der Waals surface area contributed by atoms with Crippen LogP contribution in [0.15, 0.2) is 0 Å². The minimum Gasteiger partial charge on any atom is -0.376 e. The molecule has 0 aliphatic carbocycles. The van der Waals surface area contributed by atoms with Gasteiger partial charge < -0.3 is 4.74 Å². The molecule has 0 aromatic heterocycles. The molecule has 0 N–H and O–H groups in total.